The van der Waals surface area contributed by atoms with Crippen molar-refractivity contribution in [2.45, 2.75) is 62.1 Å². The molecule has 2 aromatic heterocycles. The molecule has 9 heteroatoms. The molecule has 0 radical (unpaired) electrons. The fourth-order valence-corrected chi connectivity index (χ4v) is 4.52. The van der Waals surface area contributed by atoms with Gasteiger partial charge in [-0.3, -0.25) is 18.7 Å². The molecule has 0 unspecified atom stereocenters. The number of esters is 1. The monoisotopic (exact) mass is 406 g/mol. The van der Waals surface area contributed by atoms with Crippen LogP contribution in [0.5, 0.6) is 0 Å². The van der Waals surface area contributed by atoms with Gasteiger partial charge in [-0.25, -0.2) is 14.8 Å². The van der Waals surface area contributed by atoms with Crippen LogP contribution in [0, 0.1) is 0 Å². The molecule has 0 aromatic carbocycles. The van der Waals surface area contributed by atoms with Crippen molar-refractivity contribution in [1.82, 2.24) is 19.1 Å². The normalized spacial score (nSPS) is 15.3. The van der Waals surface area contributed by atoms with Crippen molar-refractivity contribution >= 4 is 28.8 Å². The summed E-state index contributed by atoms with van der Waals surface area (Å²) in [5.74, 6) is 0.458. The van der Waals surface area contributed by atoms with E-state index < -0.39 is 16.0 Å². The Morgan fingerprint density at radius 2 is 1.82 bits per heavy atom. The second-order valence-electron chi connectivity index (χ2n) is 7.61. The van der Waals surface area contributed by atoms with Crippen molar-refractivity contribution in [2.24, 2.45) is 14.1 Å². The minimum Gasteiger partial charge on any atom is -0.465 e. The summed E-state index contributed by atoms with van der Waals surface area (Å²) in [4.78, 5) is 47.0. The molecule has 0 atom stereocenters. The molecule has 0 aliphatic heterocycles. The fraction of sp³-hybridized carbons (Fsp3) is 0.632. The summed E-state index contributed by atoms with van der Waals surface area (Å²) in [6.45, 7) is 5.51. The third-order valence-electron chi connectivity index (χ3n) is 5.12. The van der Waals surface area contributed by atoms with Crippen molar-refractivity contribution in [1.29, 1.82) is 0 Å². The number of nitrogens with zero attached hydrogens (tertiary/aromatic N) is 4. The first kappa shape index (κ1) is 20.6. The van der Waals surface area contributed by atoms with Crippen LogP contribution < -0.4 is 11.2 Å². The molecule has 0 saturated heterocycles. The lowest BCUT2D eigenvalue weighted by Gasteiger charge is -2.22. The predicted octanol–water partition coefficient (Wildman–Crippen LogP) is 2.12. The molecule has 0 bridgehead atoms. The van der Waals surface area contributed by atoms with Crippen molar-refractivity contribution < 1.29 is 9.53 Å². The van der Waals surface area contributed by atoms with Crippen molar-refractivity contribution in [2.75, 3.05) is 6.61 Å². The Bertz CT molecular complexity index is 1030. The van der Waals surface area contributed by atoms with Crippen LogP contribution in [0.15, 0.2) is 14.6 Å². The lowest BCUT2D eigenvalue weighted by atomic mass is 10.1. The Balaban J connectivity index is 2.25. The van der Waals surface area contributed by atoms with Crippen LogP contribution >= 0.6 is 11.8 Å². The average Bonchev–Trinajstić information content (AvgIpc) is 3.18. The predicted molar refractivity (Wildman–Crippen MR) is 108 cm³/mol. The molecule has 28 heavy (non-hydrogen) atoms. The Hall–Kier alpha value is -2.16. The Labute approximate surface area is 167 Å². The first-order valence-electron chi connectivity index (χ1n) is 9.51. The SMILES string of the molecule is CCOC(=O)C(C)(C)Sc1nc(C2CCCC2)nc2c1c(=O)n(C)c(=O)n2C. The fourth-order valence-electron chi connectivity index (χ4n) is 3.47. The van der Waals surface area contributed by atoms with E-state index in [0.29, 0.717) is 16.5 Å². The third kappa shape index (κ3) is 3.59. The van der Waals surface area contributed by atoms with E-state index in [4.69, 9.17) is 9.72 Å². The largest absolute Gasteiger partial charge is 0.465 e. The number of thioether (sulfide) groups is 1. The third-order valence-corrected chi connectivity index (χ3v) is 6.29. The Morgan fingerprint density at radius 1 is 1.18 bits per heavy atom. The minimum absolute atomic E-state index is 0.202. The second-order valence-corrected chi connectivity index (χ2v) is 9.22. The zero-order valence-corrected chi connectivity index (χ0v) is 17.8. The average molecular weight is 407 g/mol. The summed E-state index contributed by atoms with van der Waals surface area (Å²) in [5, 5.41) is 0.676. The van der Waals surface area contributed by atoms with E-state index >= 15 is 0 Å². The lowest BCUT2D eigenvalue weighted by molar-refractivity contribution is -0.145. The van der Waals surface area contributed by atoms with Gasteiger partial charge in [-0.05, 0) is 33.6 Å². The number of hydrogen-bond donors (Lipinski definition) is 0. The minimum atomic E-state index is -0.941. The quantitative estimate of drug-likeness (QED) is 0.426. The van der Waals surface area contributed by atoms with Crippen LogP contribution in [0.1, 0.15) is 58.2 Å². The van der Waals surface area contributed by atoms with Gasteiger partial charge in [-0.2, -0.15) is 0 Å². The van der Waals surface area contributed by atoms with Gasteiger partial charge in [0.1, 0.15) is 21.0 Å². The maximum absolute atomic E-state index is 12.9. The highest BCUT2D eigenvalue weighted by atomic mass is 32.2. The van der Waals surface area contributed by atoms with E-state index in [1.165, 1.54) is 23.4 Å². The maximum atomic E-state index is 12.9. The molecule has 8 nitrogen and oxygen atoms in total. The zero-order valence-electron chi connectivity index (χ0n) is 16.9. The number of rotatable bonds is 5. The molecule has 1 fully saturated rings. The molecule has 3 rings (SSSR count). The number of aromatic nitrogens is 4. The van der Waals surface area contributed by atoms with Gasteiger partial charge in [0, 0.05) is 20.0 Å². The molecule has 2 aromatic rings. The van der Waals surface area contributed by atoms with Gasteiger partial charge < -0.3 is 4.74 Å². The molecule has 0 spiro atoms. The highest BCUT2D eigenvalue weighted by Crippen LogP contribution is 2.38. The molecule has 152 valence electrons. The van der Waals surface area contributed by atoms with Gasteiger partial charge >= 0.3 is 11.7 Å². The Kier molecular flexibility index (Phi) is 5.65. The molecule has 0 N–H and O–H groups in total. The van der Waals surface area contributed by atoms with Crippen LogP contribution in [-0.2, 0) is 23.6 Å². The van der Waals surface area contributed by atoms with E-state index in [-0.39, 0.29) is 23.9 Å². The summed E-state index contributed by atoms with van der Waals surface area (Å²) in [6.07, 6.45) is 4.18. The van der Waals surface area contributed by atoms with Gasteiger partial charge in [-0.15, -0.1) is 0 Å². The number of aryl methyl sites for hydroxylation is 1. The first-order valence-corrected chi connectivity index (χ1v) is 10.3. The number of ether oxygens (including phenoxy) is 1. The highest BCUT2D eigenvalue weighted by Gasteiger charge is 2.34. The van der Waals surface area contributed by atoms with E-state index in [1.54, 1.807) is 27.8 Å². The van der Waals surface area contributed by atoms with Crippen molar-refractivity contribution in [3.8, 4) is 0 Å². The molecular formula is C19H26N4O4S. The van der Waals surface area contributed by atoms with Crippen LogP contribution in [0.25, 0.3) is 11.0 Å². The maximum Gasteiger partial charge on any atom is 0.332 e. The van der Waals surface area contributed by atoms with Gasteiger partial charge in [0.05, 0.1) is 6.61 Å². The summed E-state index contributed by atoms with van der Waals surface area (Å²) in [6, 6.07) is 0. The van der Waals surface area contributed by atoms with Gasteiger partial charge in [0.15, 0.2) is 5.65 Å². The van der Waals surface area contributed by atoms with Crippen LogP contribution in [0.2, 0.25) is 0 Å². The summed E-state index contributed by atoms with van der Waals surface area (Å²) < 4.78 is 6.65. The van der Waals surface area contributed by atoms with E-state index in [0.717, 1.165) is 30.3 Å². The van der Waals surface area contributed by atoms with E-state index in [9.17, 15) is 14.4 Å². The number of hydrogen-bond acceptors (Lipinski definition) is 7. The van der Waals surface area contributed by atoms with E-state index in [2.05, 4.69) is 4.98 Å². The van der Waals surface area contributed by atoms with Crippen molar-refractivity contribution in [3.05, 3.63) is 26.7 Å². The van der Waals surface area contributed by atoms with Gasteiger partial charge in [0.2, 0.25) is 0 Å². The number of carbonyl (C=O) groups is 1. The summed E-state index contributed by atoms with van der Waals surface area (Å²) >= 11 is 1.18. The molecule has 2 heterocycles. The van der Waals surface area contributed by atoms with E-state index in [1.807, 2.05) is 0 Å². The Morgan fingerprint density at radius 3 is 2.43 bits per heavy atom. The van der Waals surface area contributed by atoms with Crippen LogP contribution in [-0.4, -0.2) is 36.4 Å². The second kappa shape index (κ2) is 7.69. The molecule has 1 aliphatic rings. The summed E-state index contributed by atoms with van der Waals surface area (Å²) in [5.41, 5.74) is -0.584. The zero-order chi connectivity index (χ0) is 20.6. The smallest absolute Gasteiger partial charge is 0.332 e. The lowest BCUT2D eigenvalue weighted by Crippen LogP contribution is -2.38. The van der Waals surface area contributed by atoms with Gasteiger partial charge in [-0.1, -0.05) is 24.6 Å². The highest BCUT2D eigenvalue weighted by molar-refractivity contribution is 8.01. The molecular weight excluding hydrogens is 380 g/mol. The van der Waals surface area contributed by atoms with Crippen molar-refractivity contribution in [3.63, 3.8) is 0 Å². The molecule has 1 saturated carbocycles. The number of carbonyl (C=O) groups excluding carboxylic acids is 1. The van der Waals surface area contributed by atoms with Gasteiger partial charge in [0.25, 0.3) is 5.56 Å². The van der Waals surface area contributed by atoms with Crippen LogP contribution in [0.3, 0.4) is 0 Å². The molecule has 0 amide bonds. The summed E-state index contributed by atoms with van der Waals surface area (Å²) in [7, 11) is 3.03. The first-order chi connectivity index (χ1) is 13.2. The number of fused-ring (bicyclic) bond motifs is 1. The topological polar surface area (TPSA) is 96.1 Å². The van der Waals surface area contributed by atoms with Crippen LogP contribution in [0.4, 0.5) is 0 Å². The standard InChI is InChI=1S/C19H26N4O4S/c1-6-27-17(25)19(2,3)28-15-12-14(22(4)18(26)23(5)16(12)24)20-13(21-15)11-9-7-8-10-11/h11H,6-10H2,1-5H3. The molecule has 1 aliphatic carbocycles.